The molecule has 7 nitrogen and oxygen atoms in total. The summed E-state index contributed by atoms with van der Waals surface area (Å²) in [5.41, 5.74) is 0.516. The summed E-state index contributed by atoms with van der Waals surface area (Å²) in [6.07, 6.45) is -0.863. The normalized spacial score (nSPS) is 14.7. The van der Waals surface area contributed by atoms with Gasteiger partial charge >= 0.3 is 12.1 Å². The van der Waals surface area contributed by atoms with Gasteiger partial charge in [-0.1, -0.05) is 23.2 Å². The molecule has 0 spiro atoms. The third kappa shape index (κ3) is 10.2. The first-order valence-electron chi connectivity index (χ1n) is 8.24. The topological polar surface area (TPSA) is 108 Å². The fraction of sp³-hybridized carbons (Fsp3) is 0.353. The fourth-order valence-electron chi connectivity index (χ4n) is 2.12. The summed E-state index contributed by atoms with van der Waals surface area (Å²) in [6, 6.07) is 4.93. The molecular formula is C17H18Cl2F3N3O4. The summed E-state index contributed by atoms with van der Waals surface area (Å²) in [7, 11) is 0. The molecule has 0 aliphatic carbocycles. The molecular weight excluding hydrogens is 438 g/mol. The van der Waals surface area contributed by atoms with Crippen molar-refractivity contribution in [2.45, 2.75) is 25.1 Å². The lowest BCUT2D eigenvalue weighted by Crippen LogP contribution is -2.42. The molecule has 1 saturated heterocycles. The van der Waals surface area contributed by atoms with Gasteiger partial charge in [0, 0.05) is 23.9 Å². The molecule has 1 aromatic carbocycles. The Hall–Kier alpha value is -2.30. The Balaban J connectivity index is 0.000000516. The summed E-state index contributed by atoms with van der Waals surface area (Å²) in [4.78, 5) is 32.4. The molecule has 0 aromatic heterocycles. The zero-order valence-corrected chi connectivity index (χ0v) is 16.4. The first-order chi connectivity index (χ1) is 13.5. The van der Waals surface area contributed by atoms with Crippen LogP contribution in [0, 0.1) is 0 Å². The van der Waals surface area contributed by atoms with Crippen molar-refractivity contribution in [1.29, 1.82) is 0 Å². The molecule has 1 aliphatic heterocycles. The number of alkyl halides is 3. The maximum atomic E-state index is 11.7. The van der Waals surface area contributed by atoms with Crippen LogP contribution in [0.15, 0.2) is 30.4 Å². The number of nitrogens with one attached hydrogen (secondary N) is 3. The Morgan fingerprint density at radius 3 is 2.14 bits per heavy atom. The molecule has 1 heterocycles. The van der Waals surface area contributed by atoms with Gasteiger partial charge in [-0.2, -0.15) is 13.2 Å². The van der Waals surface area contributed by atoms with Crippen LogP contribution in [0.1, 0.15) is 12.8 Å². The highest BCUT2D eigenvalue weighted by molar-refractivity contribution is 6.42. The summed E-state index contributed by atoms with van der Waals surface area (Å²) in [6.45, 7) is 1.79. The second-order valence-electron chi connectivity index (χ2n) is 5.79. The number of anilines is 1. The number of piperidine rings is 1. The summed E-state index contributed by atoms with van der Waals surface area (Å²) < 4.78 is 31.7. The van der Waals surface area contributed by atoms with E-state index in [0.29, 0.717) is 15.7 Å². The molecule has 2 amide bonds. The zero-order valence-electron chi connectivity index (χ0n) is 14.9. The monoisotopic (exact) mass is 455 g/mol. The molecule has 4 N–H and O–H groups in total. The van der Waals surface area contributed by atoms with E-state index in [-0.39, 0.29) is 11.9 Å². The summed E-state index contributed by atoms with van der Waals surface area (Å²) in [5, 5.41) is 16.6. The molecule has 1 aliphatic rings. The van der Waals surface area contributed by atoms with E-state index in [9.17, 15) is 22.8 Å². The molecule has 0 bridgehead atoms. The molecule has 29 heavy (non-hydrogen) atoms. The molecule has 2 rings (SSSR count). The number of carboxylic acid groups (broad SMARTS) is 1. The minimum atomic E-state index is -5.08. The molecule has 160 valence electrons. The number of hydrogen-bond donors (Lipinski definition) is 4. The van der Waals surface area contributed by atoms with Crippen molar-refractivity contribution < 1.29 is 32.7 Å². The Morgan fingerprint density at radius 2 is 1.62 bits per heavy atom. The largest absolute Gasteiger partial charge is 0.490 e. The van der Waals surface area contributed by atoms with Gasteiger partial charge in [-0.05, 0) is 44.1 Å². The lowest BCUT2D eigenvalue weighted by molar-refractivity contribution is -0.192. The van der Waals surface area contributed by atoms with Gasteiger partial charge in [0.1, 0.15) is 0 Å². The van der Waals surface area contributed by atoms with E-state index in [4.69, 9.17) is 33.1 Å². The van der Waals surface area contributed by atoms with E-state index < -0.39 is 18.1 Å². The van der Waals surface area contributed by atoms with Crippen LogP contribution in [0.25, 0.3) is 0 Å². The number of carbonyl (C=O) groups is 3. The van der Waals surface area contributed by atoms with Crippen LogP contribution >= 0.6 is 23.2 Å². The van der Waals surface area contributed by atoms with Gasteiger partial charge in [0.25, 0.3) is 0 Å². The lowest BCUT2D eigenvalue weighted by Gasteiger charge is -2.22. The van der Waals surface area contributed by atoms with Gasteiger partial charge in [0.05, 0.1) is 10.0 Å². The number of amides is 2. The first-order valence-corrected chi connectivity index (χ1v) is 9.00. The van der Waals surface area contributed by atoms with Crippen molar-refractivity contribution in [3.05, 3.63) is 40.4 Å². The van der Waals surface area contributed by atoms with Crippen molar-refractivity contribution in [2.24, 2.45) is 0 Å². The van der Waals surface area contributed by atoms with Gasteiger partial charge < -0.3 is 21.1 Å². The molecule has 0 radical (unpaired) electrons. The van der Waals surface area contributed by atoms with E-state index in [0.717, 1.165) is 25.9 Å². The second-order valence-corrected chi connectivity index (χ2v) is 6.60. The average Bonchev–Trinajstić information content (AvgIpc) is 2.64. The van der Waals surface area contributed by atoms with E-state index in [1.807, 2.05) is 0 Å². The molecule has 12 heteroatoms. The predicted octanol–water partition coefficient (Wildman–Crippen LogP) is 2.99. The number of rotatable bonds is 4. The quantitative estimate of drug-likeness (QED) is 0.522. The SMILES string of the molecule is O=C(/C=C\C(=O)NC1CCNCC1)Nc1ccc(Cl)c(Cl)c1.O=C(O)C(F)(F)F. The fourth-order valence-corrected chi connectivity index (χ4v) is 2.42. The smallest absolute Gasteiger partial charge is 0.475 e. The number of benzene rings is 1. The third-order valence-corrected chi connectivity index (χ3v) is 4.24. The molecule has 0 atom stereocenters. The van der Waals surface area contributed by atoms with Crippen LogP contribution in [0.2, 0.25) is 10.0 Å². The van der Waals surface area contributed by atoms with Gasteiger partial charge in [-0.3, -0.25) is 9.59 Å². The van der Waals surface area contributed by atoms with E-state index in [1.165, 1.54) is 12.2 Å². The molecule has 1 aromatic rings. The minimum absolute atomic E-state index is 0.163. The van der Waals surface area contributed by atoms with Crippen molar-refractivity contribution in [2.75, 3.05) is 18.4 Å². The Labute approximate surface area is 174 Å². The highest BCUT2D eigenvalue weighted by atomic mass is 35.5. The summed E-state index contributed by atoms with van der Waals surface area (Å²) >= 11 is 11.7. The Morgan fingerprint density at radius 1 is 1.07 bits per heavy atom. The Kier molecular flexibility index (Phi) is 9.93. The van der Waals surface area contributed by atoms with Gasteiger partial charge in [-0.25, -0.2) is 4.79 Å². The summed E-state index contributed by atoms with van der Waals surface area (Å²) in [5.74, 6) is -3.43. The Bertz CT molecular complexity index is 767. The van der Waals surface area contributed by atoms with Gasteiger partial charge in [0.15, 0.2) is 0 Å². The maximum Gasteiger partial charge on any atom is 0.490 e. The van der Waals surface area contributed by atoms with Crippen molar-refractivity contribution in [1.82, 2.24) is 10.6 Å². The predicted molar refractivity (Wildman–Crippen MR) is 102 cm³/mol. The van der Waals surface area contributed by atoms with Crippen LogP contribution in [0.4, 0.5) is 18.9 Å². The minimum Gasteiger partial charge on any atom is -0.475 e. The number of hydrogen-bond acceptors (Lipinski definition) is 4. The van der Waals surface area contributed by atoms with Gasteiger partial charge in [-0.15, -0.1) is 0 Å². The van der Waals surface area contributed by atoms with Crippen LogP contribution in [-0.2, 0) is 14.4 Å². The van der Waals surface area contributed by atoms with Crippen LogP contribution in [0.5, 0.6) is 0 Å². The highest BCUT2D eigenvalue weighted by Gasteiger charge is 2.38. The molecule has 0 saturated carbocycles. The van der Waals surface area contributed by atoms with E-state index in [1.54, 1.807) is 18.2 Å². The van der Waals surface area contributed by atoms with E-state index in [2.05, 4.69) is 16.0 Å². The van der Waals surface area contributed by atoms with Crippen molar-refractivity contribution in [3.8, 4) is 0 Å². The average molecular weight is 456 g/mol. The number of carboxylic acids is 1. The number of aliphatic carboxylic acids is 1. The van der Waals surface area contributed by atoms with E-state index >= 15 is 0 Å². The highest BCUT2D eigenvalue weighted by Crippen LogP contribution is 2.24. The van der Waals surface area contributed by atoms with Gasteiger partial charge in [0.2, 0.25) is 11.8 Å². The zero-order chi connectivity index (χ0) is 22.0. The van der Waals surface area contributed by atoms with Crippen molar-refractivity contribution in [3.63, 3.8) is 0 Å². The molecule has 0 unspecified atom stereocenters. The maximum absolute atomic E-state index is 11.7. The third-order valence-electron chi connectivity index (χ3n) is 3.50. The second kappa shape index (κ2) is 11.6. The van der Waals surface area contributed by atoms with Crippen molar-refractivity contribution >= 4 is 46.7 Å². The number of carbonyl (C=O) groups excluding carboxylic acids is 2. The van der Waals surface area contributed by atoms with Crippen LogP contribution < -0.4 is 16.0 Å². The molecule has 1 fully saturated rings. The number of halogens is 5. The first kappa shape index (κ1) is 24.7. The standard InChI is InChI=1S/C15H17Cl2N3O2.C2HF3O2/c16-12-2-1-11(9-13(12)17)20-15(22)4-3-14(21)19-10-5-7-18-8-6-10;3-2(4,5)1(6)7/h1-4,9-10,18H,5-8H2,(H,19,21)(H,20,22);(H,6,7)/b4-3-;. The van der Waals surface area contributed by atoms with Crippen LogP contribution in [-0.4, -0.2) is 48.2 Å². The van der Waals surface area contributed by atoms with Crippen LogP contribution in [0.3, 0.4) is 0 Å². The lowest BCUT2D eigenvalue weighted by atomic mass is 10.1.